The normalized spacial score (nSPS) is 10.6. The predicted molar refractivity (Wildman–Crippen MR) is 53.6 cm³/mol. The Morgan fingerprint density at radius 1 is 1.08 bits per heavy atom. The van der Waals surface area contributed by atoms with Crippen molar-refractivity contribution in [3.05, 3.63) is 12.2 Å². The quantitative estimate of drug-likeness (QED) is 0.567. The zero-order valence-corrected chi connectivity index (χ0v) is 8.51. The maximum atomic E-state index is 11.1. The Labute approximate surface area is 80.0 Å². The summed E-state index contributed by atoms with van der Waals surface area (Å²) in [7, 11) is 0. The van der Waals surface area contributed by atoms with Crippen molar-refractivity contribution in [1.29, 1.82) is 0 Å². The van der Waals surface area contributed by atoms with E-state index in [0.29, 0.717) is 19.3 Å². The fraction of sp³-hybridized carbons (Fsp3) is 0.636. The van der Waals surface area contributed by atoms with Crippen molar-refractivity contribution in [2.45, 2.75) is 46.0 Å². The van der Waals surface area contributed by atoms with E-state index >= 15 is 0 Å². The molecule has 0 aliphatic heterocycles. The van der Waals surface area contributed by atoms with Gasteiger partial charge in [-0.25, -0.2) is 0 Å². The molecular formula is C11H18O2. The summed E-state index contributed by atoms with van der Waals surface area (Å²) in [5, 5.41) is 0. The van der Waals surface area contributed by atoms with Gasteiger partial charge in [-0.05, 0) is 19.8 Å². The molecule has 0 atom stereocenters. The maximum absolute atomic E-state index is 11.1. The minimum atomic E-state index is 0.0949. The third-order valence-corrected chi connectivity index (χ3v) is 1.75. The lowest BCUT2D eigenvalue weighted by Gasteiger charge is -1.95. The molecule has 74 valence electrons. The Balaban J connectivity index is 3.41. The molecule has 0 aromatic heterocycles. The summed E-state index contributed by atoms with van der Waals surface area (Å²) >= 11 is 0. The van der Waals surface area contributed by atoms with Crippen molar-refractivity contribution in [1.82, 2.24) is 0 Å². The van der Waals surface area contributed by atoms with E-state index in [1.54, 1.807) is 0 Å². The van der Waals surface area contributed by atoms with Crippen LogP contribution in [0.2, 0.25) is 0 Å². The standard InChI is InChI=1S/C11H18O2/c1-3-4-5-6-7-11(13)9-8-10(2)12/h4-5H,3,6-9H2,1-2H3/b5-4-. The molecule has 0 N–H and O–H groups in total. The number of carbonyl (C=O) groups is 2. The van der Waals surface area contributed by atoms with Crippen molar-refractivity contribution in [3.63, 3.8) is 0 Å². The van der Waals surface area contributed by atoms with Gasteiger partial charge in [0.2, 0.25) is 0 Å². The molecule has 0 amide bonds. The third kappa shape index (κ3) is 8.99. The number of rotatable bonds is 7. The molecule has 0 rings (SSSR count). The van der Waals surface area contributed by atoms with Crippen LogP contribution in [-0.4, -0.2) is 11.6 Å². The van der Waals surface area contributed by atoms with Gasteiger partial charge in [0.25, 0.3) is 0 Å². The molecule has 0 saturated heterocycles. The average Bonchev–Trinajstić information content (AvgIpc) is 2.09. The van der Waals surface area contributed by atoms with Crippen LogP contribution in [0.25, 0.3) is 0 Å². The van der Waals surface area contributed by atoms with Gasteiger partial charge in [0.15, 0.2) is 0 Å². The van der Waals surface area contributed by atoms with Crippen LogP contribution >= 0.6 is 0 Å². The van der Waals surface area contributed by atoms with Crippen LogP contribution in [0, 0.1) is 0 Å². The highest BCUT2D eigenvalue weighted by Crippen LogP contribution is 2.00. The fourth-order valence-electron chi connectivity index (χ4n) is 0.969. The highest BCUT2D eigenvalue weighted by atomic mass is 16.1. The van der Waals surface area contributed by atoms with Gasteiger partial charge < -0.3 is 4.79 Å². The van der Waals surface area contributed by atoms with Crippen molar-refractivity contribution in [3.8, 4) is 0 Å². The Bertz CT molecular complexity index is 192. The second-order valence-corrected chi connectivity index (χ2v) is 3.16. The molecule has 0 heterocycles. The van der Waals surface area contributed by atoms with Crippen LogP contribution in [0.4, 0.5) is 0 Å². The number of hydrogen-bond acceptors (Lipinski definition) is 2. The Hall–Kier alpha value is -0.920. The largest absolute Gasteiger partial charge is 0.300 e. The molecule has 0 fully saturated rings. The van der Waals surface area contributed by atoms with E-state index in [0.717, 1.165) is 12.8 Å². The summed E-state index contributed by atoms with van der Waals surface area (Å²) in [6, 6.07) is 0. The number of Topliss-reactive ketones (excluding diaryl/α,β-unsaturated/α-hetero) is 2. The number of hydrogen-bond donors (Lipinski definition) is 0. The lowest BCUT2D eigenvalue weighted by molar-refractivity contribution is -0.123. The van der Waals surface area contributed by atoms with Crippen molar-refractivity contribution < 1.29 is 9.59 Å². The SMILES string of the molecule is CC/C=C\CCC(=O)CCC(C)=O. The van der Waals surface area contributed by atoms with Crippen molar-refractivity contribution in [2.24, 2.45) is 0 Å². The summed E-state index contributed by atoms with van der Waals surface area (Å²) < 4.78 is 0. The van der Waals surface area contributed by atoms with E-state index < -0.39 is 0 Å². The second-order valence-electron chi connectivity index (χ2n) is 3.16. The first-order chi connectivity index (χ1) is 6.16. The molecule has 0 saturated carbocycles. The molecule has 0 aliphatic rings. The van der Waals surface area contributed by atoms with Gasteiger partial charge in [-0.1, -0.05) is 19.1 Å². The van der Waals surface area contributed by atoms with Crippen LogP contribution in [0.5, 0.6) is 0 Å². The molecule has 0 radical (unpaired) electrons. The topological polar surface area (TPSA) is 34.1 Å². The lowest BCUT2D eigenvalue weighted by atomic mass is 10.1. The van der Waals surface area contributed by atoms with E-state index in [9.17, 15) is 9.59 Å². The first-order valence-corrected chi connectivity index (χ1v) is 4.83. The predicted octanol–water partition coefficient (Wildman–Crippen LogP) is 2.67. The molecule has 0 bridgehead atoms. The summed E-state index contributed by atoms with van der Waals surface area (Å²) in [6.07, 6.45) is 7.28. The van der Waals surface area contributed by atoms with Crippen molar-refractivity contribution in [2.75, 3.05) is 0 Å². The van der Waals surface area contributed by atoms with Gasteiger partial charge in [0.05, 0.1) is 0 Å². The van der Waals surface area contributed by atoms with E-state index in [1.807, 2.05) is 6.08 Å². The van der Waals surface area contributed by atoms with E-state index in [1.165, 1.54) is 6.92 Å². The van der Waals surface area contributed by atoms with Crippen LogP contribution in [0.15, 0.2) is 12.2 Å². The van der Waals surface area contributed by atoms with E-state index in [4.69, 9.17) is 0 Å². The monoisotopic (exact) mass is 182 g/mol. The van der Waals surface area contributed by atoms with Gasteiger partial charge in [0, 0.05) is 19.3 Å². The van der Waals surface area contributed by atoms with Crippen LogP contribution in [0.1, 0.15) is 46.0 Å². The summed E-state index contributed by atoms with van der Waals surface area (Å²) in [5.74, 6) is 0.286. The lowest BCUT2D eigenvalue weighted by Crippen LogP contribution is -2.00. The van der Waals surface area contributed by atoms with Gasteiger partial charge in [0.1, 0.15) is 11.6 Å². The minimum absolute atomic E-state index is 0.0949. The zero-order valence-electron chi connectivity index (χ0n) is 8.51. The Morgan fingerprint density at radius 2 is 1.77 bits per heavy atom. The summed E-state index contributed by atoms with van der Waals surface area (Å²) in [4.78, 5) is 21.7. The molecule has 13 heavy (non-hydrogen) atoms. The molecule has 2 nitrogen and oxygen atoms in total. The number of ketones is 2. The van der Waals surface area contributed by atoms with Gasteiger partial charge in [-0.3, -0.25) is 4.79 Å². The minimum Gasteiger partial charge on any atom is -0.300 e. The molecular weight excluding hydrogens is 164 g/mol. The first kappa shape index (κ1) is 12.1. The van der Waals surface area contributed by atoms with Gasteiger partial charge >= 0.3 is 0 Å². The molecule has 0 spiro atoms. The smallest absolute Gasteiger partial charge is 0.133 e. The maximum Gasteiger partial charge on any atom is 0.133 e. The summed E-state index contributed by atoms with van der Waals surface area (Å²) in [5.41, 5.74) is 0. The van der Waals surface area contributed by atoms with Crippen LogP contribution < -0.4 is 0 Å². The van der Waals surface area contributed by atoms with Crippen LogP contribution in [0.3, 0.4) is 0 Å². The molecule has 0 unspecified atom stereocenters. The van der Waals surface area contributed by atoms with Crippen molar-refractivity contribution >= 4 is 11.6 Å². The average molecular weight is 182 g/mol. The first-order valence-electron chi connectivity index (χ1n) is 4.83. The highest BCUT2D eigenvalue weighted by Gasteiger charge is 2.01. The van der Waals surface area contributed by atoms with E-state index in [-0.39, 0.29) is 11.6 Å². The molecule has 0 aliphatic carbocycles. The molecule has 0 aromatic rings. The highest BCUT2D eigenvalue weighted by molar-refractivity contribution is 5.84. The zero-order chi connectivity index (χ0) is 10.1. The van der Waals surface area contributed by atoms with E-state index in [2.05, 4.69) is 13.0 Å². The number of allylic oxidation sites excluding steroid dienone is 2. The third-order valence-electron chi connectivity index (χ3n) is 1.75. The Morgan fingerprint density at radius 3 is 2.31 bits per heavy atom. The van der Waals surface area contributed by atoms with Gasteiger partial charge in [-0.2, -0.15) is 0 Å². The molecule has 0 aromatic carbocycles. The fourth-order valence-corrected chi connectivity index (χ4v) is 0.969. The van der Waals surface area contributed by atoms with Gasteiger partial charge in [-0.15, -0.1) is 0 Å². The molecule has 2 heteroatoms. The summed E-state index contributed by atoms with van der Waals surface area (Å²) in [6.45, 7) is 3.58. The van der Waals surface area contributed by atoms with Crippen LogP contribution in [-0.2, 0) is 9.59 Å². The second kappa shape index (κ2) is 7.71. The number of carbonyl (C=O) groups excluding carboxylic acids is 2. The Kier molecular flexibility index (Phi) is 7.17.